The van der Waals surface area contributed by atoms with Gasteiger partial charge in [-0.1, -0.05) is 6.92 Å². The highest BCUT2D eigenvalue weighted by Crippen LogP contribution is 2.45. The number of benzene rings is 1. The predicted octanol–water partition coefficient (Wildman–Crippen LogP) is 4.40. The summed E-state index contributed by atoms with van der Waals surface area (Å²) in [5.41, 5.74) is 3.93. The lowest BCUT2D eigenvalue weighted by atomic mass is 10.1. The van der Waals surface area contributed by atoms with E-state index in [1.807, 2.05) is 23.6 Å². The van der Waals surface area contributed by atoms with E-state index in [0.717, 1.165) is 71.4 Å². The molecule has 1 fully saturated rings. The Kier molecular flexibility index (Phi) is 6.06. The summed E-state index contributed by atoms with van der Waals surface area (Å²) in [7, 11) is 5.04. The van der Waals surface area contributed by atoms with E-state index >= 15 is 0 Å². The van der Waals surface area contributed by atoms with Crippen LogP contribution in [0.2, 0.25) is 0 Å². The fraction of sp³-hybridized carbons (Fsp3) is 0.500. The molecule has 0 spiro atoms. The maximum Gasteiger partial charge on any atom is 0.258 e. The largest absolute Gasteiger partial charge is 0.496 e. The van der Waals surface area contributed by atoms with Gasteiger partial charge in [-0.05, 0) is 37.5 Å². The van der Waals surface area contributed by atoms with Crippen LogP contribution in [0.15, 0.2) is 17.5 Å². The molecule has 0 saturated carbocycles. The normalized spacial score (nSPS) is 16.2. The van der Waals surface area contributed by atoms with E-state index in [1.165, 1.54) is 0 Å². The standard InChI is InChI=1S/C22H29N3O4S/c1-6-8-24(15-7-9-29-12-15)20-21(28-5)23-25-16(13-30-22(20)25)19-17(26-3)10-14(2)11-18(19)27-4/h10-11,13,15H,6-9,12H2,1-5H3. The molecule has 4 rings (SSSR count). The monoisotopic (exact) mass is 431 g/mol. The van der Waals surface area contributed by atoms with E-state index in [4.69, 9.17) is 24.0 Å². The Morgan fingerprint density at radius 2 is 1.93 bits per heavy atom. The van der Waals surface area contributed by atoms with Crippen molar-refractivity contribution in [3.63, 3.8) is 0 Å². The molecule has 1 unspecified atom stereocenters. The van der Waals surface area contributed by atoms with Crippen LogP contribution in [0.1, 0.15) is 25.3 Å². The molecule has 0 N–H and O–H groups in total. The number of rotatable bonds is 8. The third-order valence-electron chi connectivity index (χ3n) is 5.50. The summed E-state index contributed by atoms with van der Waals surface area (Å²) in [6, 6.07) is 4.37. The molecule has 7 nitrogen and oxygen atoms in total. The Labute approximate surface area is 181 Å². The van der Waals surface area contributed by atoms with Crippen molar-refractivity contribution in [2.75, 3.05) is 46.0 Å². The van der Waals surface area contributed by atoms with Crippen LogP contribution in [0, 0.1) is 6.92 Å². The van der Waals surface area contributed by atoms with Crippen molar-refractivity contribution in [1.29, 1.82) is 0 Å². The highest BCUT2D eigenvalue weighted by atomic mass is 32.1. The maximum atomic E-state index is 5.73. The van der Waals surface area contributed by atoms with Gasteiger partial charge in [-0.25, -0.2) is 4.52 Å². The summed E-state index contributed by atoms with van der Waals surface area (Å²) in [4.78, 5) is 3.45. The van der Waals surface area contributed by atoms with Gasteiger partial charge in [0.25, 0.3) is 5.88 Å². The van der Waals surface area contributed by atoms with Crippen molar-refractivity contribution in [2.24, 2.45) is 0 Å². The van der Waals surface area contributed by atoms with E-state index in [-0.39, 0.29) is 0 Å². The fourth-order valence-corrected chi connectivity index (χ4v) is 5.13. The first kappa shape index (κ1) is 20.8. The number of anilines is 1. The molecule has 1 aromatic carbocycles. The van der Waals surface area contributed by atoms with Crippen LogP contribution < -0.4 is 19.1 Å². The zero-order valence-corrected chi connectivity index (χ0v) is 19.0. The van der Waals surface area contributed by atoms with Crippen LogP contribution in [0.3, 0.4) is 0 Å². The van der Waals surface area contributed by atoms with Gasteiger partial charge in [-0.3, -0.25) is 0 Å². The number of thiazole rings is 1. The van der Waals surface area contributed by atoms with Gasteiger partial charge in [-0.15, -0.1) is 16.4 Å². The van der Waals surface area contributed by atoms with Crippen LogP contribution in [-0.2, 0) is 4.74 Å². The summed E-state index contributed by atoms with van der Waals surface area (Å²) in [5.74, 6) is 2.16. The lowest BCUT2D eigenvalue weighted by Crippen LogP contribution is -2.36. The second-order valence-electron chi connectivity index (χ2n) is 7.45. The van der Waals surface area contributed by atoms with E-state index in [2.05, 4.69) is 17.2 Å². The molecule has 0 radical (unpaired) electrons. The Morgan fingerprint density at radius 1 is 1.20 bits per heavy atom. The van der Waals surface area contributed by atoms with Crippen LogP contribution >= 0.6 is 11.3 Å². The van der Waals surface area contributed by atoms with Gasteiger partial charge in [-0.2, -0.15) is 0 Å². The first-order chi connectivity index (χ1) is 14.6. The van der Waals surface area contributed by atoms with Crippen molar-refractivity contribution >= 4 is 21.9 Å². The van der Waals surface area contributed by atoms with Crippen molar-refractivity contribution in [3.05, 3.63) is 23.1 Å². The van der Waals surface area contributed by atoms with E-state index in [0.29, 0.717) is 11.9 Å². The number of aromatic nitrogens is 2. The van der Waals surface area contributed by atoms with E-state index in [1.54, 1.807) is 32.7 Å². The first-order valence-electron chi connectivity index (χ1n) is 10.2. The third kappa shape index (κ3) is 3.48. The van der Waals surface area contributed by atoms with Gasteiger partial charge in [0.05, 0.1) is 45.2 Å². The summed E-state index contributed by atoms with van der Waals surface area (Å²) in [6.07, 6.45) is 2.05. The number of hydrogen-bond acceptors (Lipinski definition) is 7. The summed E-state index contributed by atoms with van der Waals surface area (Å²) in [5, 5.41) is 6.93. The van der Waals surface area contributed by atoms with Gasteiger partial charge < -0.3 is 23.8 Å². The highest BCUT2D eigenvalue weighted by Gasteiger charge is 2.31. The van der Waals surface area contributed by atoms with E-state index in [9.17, 15) is 0 Å². The Balaban J connectivity index is 1.90. The number of hydrogen-bond donors (Lipinski definition) is 0. The molecule has 30 heavy (non-hydrogen) atoms. The second-order valence-corrected chi connectivity index (χ2v) is 8.31. The SMILES string of the molecule is CCCN(c1c(OC)nn2c(-c3c(OC)cc(C)cc3OC)csc12)C1CCOC1. The molecule has 3 aromatic rings. The molecule has 1 atom stereocenters. The summed E-state index contributed by atoms with van der Waals surface area (Å²) in [6.45, 7) is 6.68. The average molecular weight is 432 g/mol. The molecule has 8 heteroatoms. The van der Waals surface area contributed by atoms with Gasteiger partial charge in [0.15, 0.2) is 0 Å². The lowest BCUT2D eigenvalue weighted by molar-refractivity contribution is 0.193. The Morgan fingerprint density at radius 3 is 2.50 bits per heavy atom. The molecule has 1 aliphatic rings. The van der Waals surface area contributed by atoms with Crippen LogP contribution in [0.5, 0.6) is 17.4 Å². The predicted molar refractivity (Wildman–Crippen MR) is 120 cm³/mol. The highest BCUT2D eigenvalue weighted by molar-refractivity contribution is 7.16. The number of methoxy groups -OCH3 is 3. The van der Waals surface area contributed by atoms with Gasteiger partial charge in [0.1, 0.15) is 22.0 Å². The van der Waals surface area contributed by atoms with Crippen molar-refractivity contribution < 1.29 is 18.9 Å². The second kappa shape index (κ2) is 8.73. The molecule has 1 aliphatic heterocycles. The van der Waals surface area contributed by atoms with Crippen molar-refractivity contribution in [3.8, 4) is 28.6 Å². The molecular weight excluding hydrogens is 402 g/mol. The molecule has 162 valence electrons. The fourth-order valence-electron chi connectivity index (χ4n) is 4.14. The molecule has 1 saturated heterocycles. The minimum absolute atomic E-state index is 0.334. The number of fused-ring (bicyclic) bond motifs is 1. The zero-order valence-electron chi connectivity index (χ0n) is 18.2. The Bertz CT molecular complexity index is 998. The van der Waals surface area contributed by atoms with E-state index < -0.39 is 0 Å². The minimum Gasteiger partial charge on any atom is -0.496 e. The third-order valence-corrected chi connectivity index (χ3v) is 6.43. The topological polar surface area (TPSA) is 57.5 Å². The number of nitrogens with zero attached hydrogens (tertiary/aromatic N) is 3. The van der Waals surface area contributed by atoms with Gasteiger partial charge in [0.2, 0.25) is 0 Å². The van der Waals surface area contributed by atoms with Crippen LogP contribution in [-0.4, -0.2) is 56.7 Å². The molecular formula is C22H29N3O4S. The first-order valence-corrected chi connectivity index (χ1v) is 11.1. The molecule has 0 aliphatic carbocycles. The molecule has 2 aromatic heterocycles. The van der Waals surface area contributed by atoms with Crippen molar-refractivity contribution in [2.45, 2.75) is 32.7 Å². The molecule has 0 amide bonds. The number of aryl methyl sites for hydroxylation is 1. The number of ether oxygens (including phenoxy) is 4. The smallest absolute Gasteiger partial charge is 0.258 e. The van der Waals surface area contributed by atoms with Crippen LogP contribution in [0.4, 0.5) is 5.69 Å². The minimum atomic E-state index is 0.334. The quantitative estimate of drug-likeness (QED) is 0.527. The Hall–Kier alpha value is -2.45. The van der Waals surface area contributed by atoms with Gasteiger partial charge >= 0.3 is 0 Å². The average Bonchev–Trinajstić information content (AvgIpc) is 3.48. The summed E-state index contributed by atoms with van der Waals surface area (Å²) < 4.78 is 24.7. The van der Waals surface area contributed by atoms with Crippen LogP contribution in [0.25, 0.3) is 16.1 Å². The van der Waals surface area contributed by atoms with Gasteiger partial charge in [0, 0.05) is 18.5 Å². The zero-order chi connectivity index (χ0) is 21.3. The van der Waals surface area contributed by atoms with Crippen molar-refractivity contribution in [1.82, 2.24) is 9.61 Å². The lowest BCUT2D eigenvalue weighted by Gasteiger charge is -2.29. The molecule has 3 heterocycles. The summed E-state index contributed by atoms with van der Waals surface area (Å²) >= 11 is 1.65. The maximum absolute atomic E-state index is 5.73. The molecule has 0 bridgehead atoms.